The van der Waals surface area contributed by atoms with E-state index in [4.69, 9.17) is 18.9 Å². The average molecular weight is 448 g/mol. The minimum atomic E-state index is -1.39. The van der Waals surface area contributed by atoms with Gasteiger partial charge in [-0.25, -0.2) is 0 Å². The molecule has 2 saturated heterocycles. The first-order chi connectivity index (χ1) is 15.3. The first-order valence-electron chi connectivity index (χ1n) is 9.72. The maximum absolute atomic E-state index is 11.1. The highest BCUT2D eigenvalue weighted by atomic mass is 16.7. The number of non-ortho nitro benzene ring substituents is 2. The summed E-state index contributed by atoms with van der Waals surface area (Å²) in [6.45, 7) is -0.486. The second-order valence-electron chi connectivity index (χ2n) is 7.36. The summed E-state index contributed by atoms with van der Waals surface area (Å²) >= 11 is 0. The van der Waals surface area contributed by atoms with Gasteiger partial charge in [0.15, 0.2) is 12.6 Å². The Morgan fingerprint density at radius 1 is 0.750 bits per heavy atom. The van der Waals surface area contributed by atoms with Gasteiger partial charge in [0.2, 0.25) is 0 Å². The lowest BCUT2D eigenvalue weighted by Gasteiger charge is -2.28. The number of hydrogen-bond acceptors (Lipinski definition) is 10. The number of benzene rings is 2. The zero-order valence-electron chi connectivity index (χ0n) is 16.6. The van der Waals surface area contributed by atoms with E-state index in [1.54, 1.807) is 12.1 Å². The highest BCUT2D eigenvalue weighted by molar-refractivity contribution is 5.35. The molecule has 0 radical (unpaired) electrons. The number of fused-ring (bicyclic) bond motifs is 3. The summed E-state index contributed by atoms with van der Waals surface area (Å²) in [6, 6.07) is 11.3. The molecule has 2 unspecified atom stereocenters. The number of rotatable bonds is 4. The second-order valence-corrected chi connectivity index (χ2v) is 7.36. The number of aliphatic hydroxyl groups excluding tert-OH is 2. The molecule has 12 heteroatoms. The molecular weight excluding hydrogens is 428 g/mol. The Balaban J connectivity index is 1.60. The number of nitro groups is 2. The maximum Gasteiger partial charge on any atom is 0.269 e. The third kappa shape index (κ3) is 4.60. The number of hydrogen-bond donors (Lipinski definition) is 2. The maximum atomic E-state index is 11.1. The van der Waals surface area contributed by atoms with E-state index in [9.17, 15) is 30.4 Å². The summed E-state index contributed by atoms with van der Waals surface area (Å²) in [5.41, 5.74) is 0.385. The van der Waals surface area contributed by atoms with Gasteiger partial charge in [0, 0.05) is 35.4 Å². The molecule has 0 aliphatic carbocycles. The molecule has 2 aromatic rings. The van der Waals surface area contributed by atoms with Gasteiger partial charge in [0.1, 0.15) is 24.4 Å². The summed E-state index contributed by atoms with van der Waals surface area (Å²) in [5.74, 6) is 0. The van der Waals surface area contributed by atoms with E-state index in [0.717, 1.165) is 0 Å². The summed E-state index contributed by atoms with van der Waals surface area (Å²) in [5, 5.41) is 43.3. The minimum absolute atomic E-state index is 0.145. The van der Waals surface area contributed by atoms with Gasteiger partial charge in [-0.3, -0.25) is 20.2 Å². The minimum Gasteiger partial charge on any atom is -0.387 e. The fourth-order valence-electron chi connectivity index (χ4n) is 3.56. The molecule has 0 amide bonds. The molecule has 2 aromatic carbocycles. The lowest BCUT2D eigenvalue weighted by molar-refractivity contribution is -0.385. The molecule has 2 N–H and O–H groups in total. The number of nitrogens with zero attached hydrogens (tertiary/aromatic N) is 2. The first kappa shape index (κ1) is 22.2. The summed E-state index contributed by atoms with van der Waals surface area (Å²) in [7, 11) is 0. The van der Waals surface area contributed by atoms with Crippen LogP contribution < -0.4 is 0 Å². The Morgan fingerprint density at radius 3 is 1.62 bits per heavy atom. The molecule has 2 aliphatic heterocycles. The highest BCUT2D eigenvalue weighted by Crippen LogP contribution is 2.34. The SMILES string of the molecule is O=[N+]([O-])c1cccc(C2OC[C@@H]3OC(c4cccc([N+](=O)[O-])c4)O[C@H](CO2)[C@H](O)[C@H]3O)c1. The Bertz CT molecular complexity index is 980. The quantitative estimate of drug-likeness (QED) is 0.520. The predicted molar refractivity (Wildman–Crippen MR) is 105 cm³/mol. The Kier molecular flexibility index (Phi) is 6.41. The van der Waals surface area contributed by atoms with Crippen LogP contribution in [0.5, 0.6) is 0 Å². The molecule has 2 heterocycles. The van der Waals surface area contributed by atoms with Gasteiger partial charge in [0.05, 0.1) is 23.1 Å². The monoisotopic (exact) mass is 448 g/mol. The smallest absolute Gasteiger partial charge is 0.269 e. The molecule has 2 bridgehead atoms. The number of nitro benzene ring substituents is 2. The van der Waals surface area contributed by atoms with E-state index < -0.39 is 46.8 Å². The molecule has 2 aliphatic rings. The molecular formula is C20H20N2O10. The van der Waals surface area contributed by atoms with Gasteiger partial charge in [-0.1, -0.05) is 24.3 Å². The summed E-state index contributed by atoms with van der Waals surface area (Å²) in [4.78, 5) is 21.1. The van der Waals surface area contributed by atoms with Gasteiger partial charge in [0.25, 0.3) is 11.4 Å². The van der Waals surface area contributed by atoms with Crippen LogP contribution in [-0.2, 0) is 18.9 Å². The van der Waals surface area contributed by atoms with E-state index in [0.29, 0.717) is 11.1 Å². The van der Waals surface area contributed by atoms with Crippen LogP contribution in [0.3, 0.4) is 0 Å². The van der Waals surface area contributed by atoms with Crippen molar-refractivity contribution in [3.63, 3.8) is 0 Å². The standard InChI is InChI=1S/C20H20N2O10/c23-17-15-9-29-19(11-3-1-5-13(7-11)21(25)26)30-10-16(18(17)24)32-20(31-15)12-4-2-6-14(8-12)22(27)28/h1-8,15-20,23-24H,9-10H2/t15-,16+,17-,18-,19?,20?/m0/s1. The van der Waals surface area contributed by atoms with Crippen LogP contribution in [0.2, 0.25) is 0 Å². The molecule has 170 valence electrons. The average Bonchev–Trinajstić information content (AvgIpc) is 2.88. The van der Waals surface area contributed by atoms with E-state index in [1.165, 1.54) is 36.4 Å². The van der Waals surface area contributed by atoms with Crippen LogP contribution in [0.1, 0.15) is 23.7 Å². The Morgan fingerprint density at radius 2 is 1.19 bits per heavy atom. The molecule has 32 heavy (non-hydrogen) atoms. The molecule has 2 fully saturated rings. The van der Waals surface area contributed by atoms with Gasteiger partial charge in [-0.05, 0) is 0 Å². The van der Waals surface area contributed by atoms with Crippen LogP contribution >= 0.6 is 0 Å². The third-order valence-electron chi connectivity index (χ3n) is 5.24. The van der Waals surface area contributed by atoms with Crippen molar-refractivity contribution in [3.05, 3.63) is 79.9 Å². The lowest BCUT2D eigenvalue weighted by Crippen LogP contribution is -2.45. The van der Waals surface area contributed by atoms with Crippen molar-refractivity contribution in [1.82, 2.24) is 0 Å². The molecule has 12 nitrogen and oxygen atoms in total. The van der Waals surface area contributed by atoms with Gasteiger partial charge in [-0.15, -0.1) is 0 Å². The first-order valence-corrected chi connectivity index (χ1v) is 9.72. The third-order valence-corrected chi connectivity index (χ3v) is 5.24. The zero-order chi connectivity index (χ0) is 22.8. The largest absolute Gasteiger partial charge is 0.387 e. The molecule has 4 rings (SSSR count). The van der Waals surface area contributed by atoms with Crippen molar-refractivity contribution >= 4 is 11.4 Å². The van der Waals surface area contributed by atoms with Gasteiger partial charge in [-0.2, -0.15) is 0 Å². The van der Waals surface area contributed by atoms with Crippen molar-refractivity contribution < 1.29 is 39.0 Å². The van der Waals surface area contributed by atoms with Crippen molar-refractivity contribution in [2.24, 2.45) is 0 Å². The highest BCUT2D eigenvalue weighted by Gasteiger charge is 2.43. The molecule has 0 aromatic heterocycles. The number of ether oxygens (including phenoxy) is 4. The van der Waals surface area contributed by atoms with E-state index >= 15 is 0 Å². The van der Waals surface area contributed by atoms with Crippen LogP contribution in [0.15, 0.2) is 48.5 Å². The fourth-order valence-corrected chi connectivity index (χ4v) is 3.56. The van der Waals surface area contributed by atoms with E-state index in [-0.39, 0.29) is 24.6 Å². The van der Waals surface area contributed by atoms with Crippen molar-refractivity contribution in [3.8, 4) is 0 Å². The second kappa shape index (κ2) is 9.24. The fraction of sp³-hybridized carbons (Fsp3) is 0.400. The molecule has 0 saturated carbocycles. The van der Waals surface area contributed by atoms with Crippen LogP contribution in [0.4, 0.5) is 11.4 Å². The van der Waals surface area contributed by atoms with Crippen LogP contribution in [-0.4, -0.2) is 57.7 Å². The molecule has 0 spiro atoms. The Labute approximate surface area is 181 Å². The number of aliphatic hydroxyl groups is 2. The Hall–Kier alpha value is -3.00. The van der Waals surface area contributed by atoms with Crippen LogP contribution in [0.25, 0.3) is 0 Å². The zero-order valence-corrected chi connectivity index (χ0v) is 16.6. The van der Waals surface area contributed by atoms with Gasteiger partial charge < -0.3 is 29.2 Å². The molecule has 6 atom stereocenters. The van der Waals surface area contributed by atoms with Crippen molar-refractivity contribution in [2.45, 2.75) is 37.0 Å². The summed E-state index contributed by atoms with van der Waals surface area (Å²) in [6.07, 6.45) is -7.08. The topological polar surface area (TPSA) is 164 Å². The summed E-state index contributed by atoms with van der Waals surface area (Å²) < 4.78 is 23.1. The van der Waals surface area contributed by atoms with Crippen molar-refractivity contribution in [1.29, 1.82) is 0 Å². The normalized spacial score (nSPS) is 30.6. The lowest BCUT2D eigenvalue weighted by atomic mass is 10.0. The van der Waals surface area contributed by atoms with E-state index in [1.807, 2.05) is 0 Å². The van der Waals surface area contributed by atoms with Crippen LogP contribution in [0, 0.1) is 20.2 Å². The van der Waals surface area contributed by atoms with Crippen molar-refractivity contribution in [2.75, 3.05) is 13.2 Å². The van der Waals surface area contributed by atoms with Gasteiger partial charge >= 0.3 is 0 Å². The predicted octanol–water partition coefficient (Wildman–Crippen LogP) is 1.75. The van der Waals surface area contributed by atoms with E-state index in [2.05, 4.69) is 0 Å².